The van der Waals surface area contributed by atoms with E-state index >= 15 is 0 Å². The first-order chi connectivity index (χ1) is 21.4. The van der Waals surface area contributed by atoms with Gasteiger partial charge in [0.1, 0.15) is 0 Å². The van der Waals surface area contributed by atoms with Crippen LogP contribution in [0.4, 0.5) is 0 Å². The van der Waals surface area contributed by atoms with Gasteiger partial charge in [-0.1, -0.05) is 53.6 Å². The van der Waals surface area contributed by atoms with Gasteiger partial charge >= 0.3 is 0 Å². The summed E-state index contributed by atoms with van der Waals surface area (Å²) in [6.45, 7) is 11.5. The van der Waals surface area contributed by atoms with Gasteiger partial charge < -0.3 is 39.7 Å². The Labute approximate surface area is 276 Å². The van der Waals surface area contributed by atoms with Crippen LogP contribution in [0.15, 0.2) is 30.8 Å². The Morgan fingerprint density at radius 3 is 1.57 bits per heavy atom. The monoisotopic (exact) mass is 659 g/mol. The Hall–Kier alpha value is -4.73. The van der Waals surface area contributed by atoms with Crippen molar-refractivity contribution >= 4 is 68.3 Å². The Morgan fingerprint density at radius 2 is 1.07 bits per heavy atom. The summed E-state index contributed by atoms with van der Waals surface area (Å²) in [6, 6.07) is 7.23. The minimum atomic E-state index is -1.20. The first-order valence-corrected chi connectivity index (χ1v) is 14.6. The molecule has 10 nitrogen and oxygen atoms in total. The van der Waals surface area contributed by atoms with Crippen molar-refractivity contribution in [2.75, 3.05) is 0 Å². The molecule has 0 unspecified atom stereocenters. The van der Waals surface area contributed by atoms with E-state index in [1.165, 1.54) is 0 Å². The van der Waals surface area contributed by atoms with E-state index in [1.54, 1.807) is 18.2 Å². The van der Waals surface area contributed by atoms with Gasteiger partial charge in [-0.2, -0.15) is 0 Å². The number of aliphatic carboxylic acids is 3. The summed E-state index contributed by atoms with van der Waals surface area (Å²) in [6.07, 6.45) is 1.63. The molecule has 3 aromatic rings. The van der Waals surface area contributed by atoms with Gasteiger partial charge in [0.15, 0.2) is 0 Å². The van der Waals surface area contributed by atoms with E-state index in [2.05, 4.69) is 6.58 Å². The molecule has 11 heteroatoms. The molecule has 0 fully saturated rings. The molecule has 5 rings (SSSR count). The molecule has 0 spiro atoms. The molecule has 5 heterocycles. The fraction of sp³-hybridized carbons (Fsp3) is 0.286. The van der Waals surface area contributed by atoms with Crippen LogP contribution in [-0.2, 0) is 37.9 Å². The first-order valence-electron chi connectivity index (χ1n) is 14.6. The normalized spacial score (nSPS) is 12.7. The van der Waals surface area contributed by atoms with Crippen LogP contribution in [-0.4, -0.2) is 27.9 Å². The Morgan fingerprint density at radius 1 is 0.652 bits per heavy atom. The number of fused-ring (bicyclic) bond motifs is 8. The van der Waals surface area contributed by atoms with Gasteiger partial charge in [-0.3, -0.25) is 0 Å². The van der Waals surface area contributed by atoms with Gasteiger partial charge in [0.2, 0.25) is 0 Å². The van der Waals surface area contributed by atoms with E-state index in [-0.39, 0.29) is 55.6 Å². The van der Waals surface area contributed by atoms with Crippen LogP contribution in [0.2, 0.25) is 0 Å². The number of carbonyl (C=O) groups excluding carboxylic acids is 3. The minimum absolute atomic E-state index is 0. The summed E-state index contributed by atoms with van der Waals surface area (Å²) >= 11 is 0. The fourth-order valence-electron chi connectivity index (χ4n) is 5.92. The Balaban J connectivity index is 0.00000480. The smallest absolute Gasteiger partial charge is 0.0660 e. The molecule has 46 heavy (non-hydrogen) atoms. The number of nitrogens with zero attached hydrogens (tertiary/aromatic N) is 4. The molecule has 0 saturated heterocycles. The van der Waals surface area contributed by atoms with Crippen molar-refractivity contribution in [3.05, 3.63) is 75.9 Å². The molecule has 0 radical (unpaired) electrons. The van der Waals surface area contributed by atoms with Crippen LogP contribution in [0.5, 0.6) is 0 Å². The van der Waals surface area contributed by atoms with Crippen LogP contribution in [0.1, 0.15) is 91.0 Å². The third-order valence-electron chi connectivity index (χ3n) is 8.50. The summed E-state index contributed by atoms with van der Waals surface area (Å²) in [5.74, 6) is -3.56. The standard InChI is InChI=1S/C35H36N4O6.Fe/c1-6-21-17(2)25-13-26-18(3)23(8-11-34(42)43)31(37-26)16-32-24(9-12-35(44)45)20(5)28(39-32)15-30-22(7-10-33(40)41)19(4)27(38-30)14-29(21)36-25;/h6,13-16H,1,7-12H2,2-5H3,(H5,36,37,38,39,40,41,42,43,44,45);/p-5. The van der Waals surface area contributed by atoms with Crippen molar-refractivity contribution in [1.82, 2.24) is 19.9 Å². The number of carboxylic acids is 3. The van der Waals surface area contributed by atoms with Crippen LogP contribution in [0.3, 0.4) is 0 Å². The molecule has 0 amide bonds. The van der Waals surface area contributed by atoms with E-state index in [0.717, 1.165) is 33.4 Å². The zero-order chi connectivity index (χ0) is 32.6. The molecular weight excluding hydrogens is 628 g/mol. The molecule has 240 valence electrons. The molecular formula is C35H31FeN4O6-5. The van der Waals surface area contributed by atoms with Crippen molar-refractivity contribution < 1.29 is 46.8 Å². The topological polar surface area (TPSA) is 174 Å². The zero-order valence-electron chi connectivity index (χ0n) is 25.9. The van der Waals surface area contributed by atoms with Crippen molar-refractivity contribution in [2.45, 2.75) is 66.2 Å². The maximum Gasteiger partial charge on any atom is 0.0660 e. The minimum Gasteiger partial charge on any atom is -0.657 e. The molecule has 2 aliphatic heterocycles. The van der Waals surface area contributed by atoms with Gasteiger partial charge in [0.25, 0.3) is 0 Å². The van der Waals surface area contributed by atoms with Gasteiger partial charge in [-0.25, -0.2) is 9.97 Å². The molecule has 3 aromatic heterocycles. The number of hydrogen-bond acceptors (Lipinski definition) is 8. The number of aryl methyl sites for hydroxylation is 3. The number of allylic oxidation sites excluding steroid dienone is 4. The van der Waals surface area contributed by atoms with Crippen molar-refractivity contribution in [3.63, 3.8) is 0 Å². The SMILES string of the molecule is C=Cc1c(C)c2cc3nc(cc4[n-]c(cc5nc(cc1[n-]2)C(C)=C5CCC(=O)[O-])c(C)c4CCC(=O)[O-])C(CCC(=O)[O-])=C3C.[Fe]. The number of rotatable bonds is 10. The Kier molecular flexibility index (Phi) is 10.2. The van der Waals surface area contributed by atoms with Gasteiger partial charge in [0, 0.05) is 35.0 Å². The largest absolute Gasteiger partial charge is 0.657 e. The molecule has 0 aromatic carbocycles. The van der Waals surface area contributed by atoms with Crippen LogP contribution in [0.25, 0.3) is 50.4 Å². The van der Waals surface area contributed by atoms with E-state index in [9.17, 15) is 29.7 Å². The van der Waals surface area contributed by atoms with Crippen molar-refractivity contribution in [1.29, 1.82) is 0 Å². The molecule has 8 bridgehead atoms. The average molecular weight is 660 g/mol. The maximum absolute atomic E-state index is 11.4. The van der Waals surface area contributed by atoms with Gasteiger partial charge in [0.05, 0.1) is 22.8 Å². The summed E-state index contributed by atoms with van der Waals surface area (Å²) in [7, 11) is 0. The number of aromatic nitrogens is 4. The van der Waals surface area contributed by atoms with Crippen LogP contribution < -0.4 is 25.3 Å². The quantitative estimate of drug-likeness (QED) is 0.294. The summed E-state index contributed by atoms with van der Waals surface area (Å²) in [4.78, 5) is 53.8. The van der Waals surface area contributed by atoms with E-state index in [4.69, 9.17) is 19.9 Å². The average Bonchev–Trinajstić information content (AvgIpc) is 3.63. The Bertz CT molecular complexity index is 2010. The molecule has 0 saturated carbocycles. The molecule has 0 atom stereocenters. The molecule has 0 N–H and O–H groups in total. The first kappa shape index (κ1) is 34.1. The predicted octanol–water partition coefficient (Wildman–Crippen LogP) is 2.43. The number of hydrogen-bond donors (Lipinski definition) is 0. The summed E-state index contributed by atoms with van der Waals surface area (Å²) in [5.41, 5.74) is 10.8. The second kappa shape index (κ2) is 13.7. The van der Waals surface area contributed by atoms with Crippen LogP contribution in [0, 0.1) is 13.8 Å². The summed E-state index contributed by atoms with van der Waals surface area (Å²) < 4.78 is 0. The van der Waals surface area contributed by atoms with Gasteiger partial charge in [-0.05, 0) is 94.1 Å². The van der Waals surface area contributed by atoms with E-state index < -0.39 is 17.9 Å². The third kappa shape index (κ3) is 6.76. The number of carboxylic acid groups (broad SMARTS) is 3. The fourth-order valence-corrected chi connectivity index (χ4v) is 5.92. The van der Waals surface area contributed by atoms with Crippen LogP contribution >= 0.6 is 0 Å². The van der Waals surface area contributed by atoms with E-state index in [1.807, 2.05) is 39.8 Å². The second-order valence-corrected chi connectivity index (χ2v) is 11.3. The zero-order valence-corrected chi connectivity index (χ0v) is 27.0. The third-order valence-corrected chi connectivity index (χ3v) is 8.50. The maximum atomic E-state index is 11.4. The molecule has 2 aliphatic rings. The van der Waals surface area contributed by atoms with Crippen molar-refractivity contribution in [3.8, 4) is 0 Å². The molecule has 0 aliphatic carbocycles. The van der Waals surface area contributed by atoms with E-state index in [0.29, 0.717) is 56.0 Å². The van der Waals surface area contributed by atoms with Crippen molar-refractivity contribution in [2.24, 2.45) is 0 Å². The second-order valence-electron chi connectivity index (χ2n) is 11.3. The summed E-state index contributed by atoms with van der Waals surface area (Å²) in [5, 5.41) is 34.3. The number of carbonyl (C=O) groups is 3. The van der Waals surface area contributed by atoms with Gasteiger partial charge in [-0.15, -0.1) is 22.1 Å². The predicted molar refractivity (Wildman–Crippen MR) is 165 cm³/mol.